The molecule has 10 heteroatoms. The molecule has 130 valence electrons. The maximum absolute atomic E-state index is 12.3. The molecule has 0 atom stereocenters. The lowest BCUT2D eigenvalue weighted by Gasteiger charge is -2.39. The summed E-state index contributed by atoms with van der Waals surface area (Å²) in [5.74, 6) is -2.30. The van der Waals surface area contributed by atoms with Crippen molar-refractivity contribution >= 4 is 22.8 Å². The van der Waals surface area contributed by atoms with E-state index in [4.69, 9.17) is 4.74 Å². The van der Waals surface area contributed by atoms with Gasteiger partial charge in [0, 0.05) is 5.56 Å². The fraction of sp³-hybridized carbons (Fsp3) is 0. The number of benzene rings is 2. The van der Waals surface area contributed by atoms with E-state index in [9.17, 15) is 29.0 Å². The molecule has 0 aliphatic heterocycles. The summed E-state index contributed by atoms with van der Waals surface area (Å²) >= 11 is 0. The van der Waals surface area contributed by atoms with E-state index in [2.05, 4.69) is 4.18 Å². The third kappa shape index (κ3) is 5.54. The van der Waals surface area contributed by atoms with E-state index in [0.29, 0.717) is 24.0 Å². The molecule has 0 heterocycles. The summed E-state index contributed by atoms with van der Waals surface area (Å²) in [5.41, 5.74) is -0.102. The predicted octanol–water partition coefficient (Wildman–Crippen LogP) is 5.31. The Morgan fingerprint density at radius 3 is 2.08 bits per heavy atom. The molecule has 2 aromatic rings. The minimum Gasteiger partial charge on any atom is -0.423 e. The van der Waals surface area contributed by atoms with Crippen LogP contribution in [-0.4, -0.2) is 12.3 Å². The molecule has 0 unspecified atom stereocenters. The van der Waals surface area contributed by atoms with Crippen LogP contribution in [0.2, 0.25) is 0 Å². The molecule has 0 fully saturated rings. The second-order valence-electron chi connectivity index (χ2n) is 4.59. The smallest absolute Gasteiger partial charge is 0.423 e. The number of hydrogen-bond donors (Lipinski definition) is 0. The van der Waals surface area contributed by atoms with Crippen molar-refractivity contribution in [2.45, 2.75) is 0 Å². The number of rotatable bonds is 5. The van der Waals surface area contributed by atoms with Crippen LogP contribution >= 0.6 is 10.5 Å². The first-order valence-corrected chi connectivity index (χ1v) is 8.05. The molecule has 24 heavy (non-hydrogen) atoms. The molecule has 0 aromatic heterocycles. The number of halogens is 5. The van der Waals surface area contributed by atoms with Gasteiger partial charge in [0.1, 0.15) is 17.8 Å². The molecule has 0 saturated heterocycles. The second kappa shape index (κ2) is 5.20. The Balaban J connectivity index is 2.18. The Labute approximate surface area is 132 Å². The van der Waals surface area contributed by atoms with E-state index in [1.54, 1.807) is 0 Å². The first kappa shape index (κ1) is 17.7. The highest BCUT2D eigenvalue weighted by molar-refractivity contribution is 8.42. The molecule has 0 saturated carbocycles. The SMILES string of the molecule is O=Cc1ccc(OC(=O)c2cccc(OS(F)(F)(F)(F)F)c2)cc1. The minimum atomic E-state index is -10.1. The van der Waals surface area contributed by atoms with Gasteiger partial charge < -0.3 is 8.92 Å². The molecule has 0 radical (unpaired) electrons. The fourth-order valence-corrected chi connectivity index (χ4v) is 2.10. The number of ether oxygens (including phenoxy) is 1. The fourth-order valence-electron chi connectivity index (χ4n) is 1.64. The lowest BCUT2D eigenvalue weighted by atomic mass is 10.2. The van der Waals surface area contributed by atoms with Crippen LogP contribution in [0.3, 0.4) is 0 Å². The van der Waals surface area contributed by atoms with Crippen molar-refractivity contribution in [3.05, 3.63) is 59.7 Å². The third-order valence-corrected chi connectivity index (χ3v) is 3.06. The standard InChI is InChI=1S/C14H9F5O4S/c15-24(16,17,18,19)23-13-3-1-2-11(8-13)14(21)22-12-6-4-10(9-20)5-7-12/h1-9H. The number of carbonyl (C=O) groups is 2. The van der Waals surface area contributed by atoms with Gasteiger partial charge in [-0.25, -0.2) is 4.79 Å². The lowest BCUT2D eigenvalue weighted by Crippen LogP contribution is -2.15. The Bertz CT molecular complexity index is 787. The average molecular weight is 368 g/mol. The molecule has 0 aliphatic carbocycles. The van der Waals surface area contributed by atoms with E-state index in [0.717, 1.165) is 12.1 Å². The zero-order valence-corrected chi connectivity index (χ0v) is 12.4. The normalized spacial score (nSPS) is 14.2. The lowest BCUT2D eigenvalue weighted by molar-refractivity contribution is 0.0734. The Morgan fingerprint density at radius 2 is 1.54 bits per heavy atom. The predicted molar refractivity (Wildman–Crippen MR) is 77.0 cm³/mol. The van der Waals surface area contributed by atoms with Gasteiger partial charge in [-0.3, -0.25) is 4.79 Å². The number of esters is 1. The molecule has 0 aliphatic rings. The van der Waals surface area contributed by atoms with Crippen LogP contribution < -0.4 is 8.92 Å². The van der Waals surface area contributed by atoms with Crippen molar-refractivity contribution in [1.82, 2.24) is 0 Å². The van der Waals surface area contributed by atoms with E-state index >= 15 is 0 Å². The van der Waals surface area contributed by atoms with Crippen LogP contribution in [0, 0.1) is 0 Å². The molecule has 0 amide bonds. The Morgan fingerprint density at radius 1 is 0.917 bits per heavy atom. The van der Waals surface area contributed by atoms with Gasteiger partial charge in [-0.2, -0.15) is 0 Å². The summed E-state index contributed by atoms with van der Waals surface area (Å²) in [6.45, 7) is 0. The van der Waals surface area contributed by atoms with Crippen LogP contribution in [0.4, 0.5) is 19.4 Å². The van der Waals surface area contributed by atoms with Gasteiger partial charge in [0.25, 0.3) is 0 Å². The first-order chi connectivity index (χ1) is 10.8. The highest BCUT2D eigenvalue weighted by Crippen LogP contribution is 2.97. The molecule has 4 nitrogen and oxygen atoms in total. The van der Waals surface area contributed by atoms with E-state index in [-0.39, 0.29) is 5.75 Å². The summed E-state index contributed by atoms with van der Waals surface area (Å²) in [5, 5.41) is 0. The van der Waals surface area contributed by atoms with Gasteiger partial charge in [0.05, 0.1) is 5.56 Å². The van der Waals surface area contributed by atoms with Gasteiger partial charge in [0.2, 0.25) is 0 Å². The molecular weight excluding hydrogens is 359 g/mol. The summed E-state index contributed by atoms with van der Waals surface area (Å²) in [7, 11) is -10.1. The summed E-state index contributed by atoms with van der Waals surface area (Å²) < 4.78 is 69.2. The zero-order chi connectivity index (χ0) is 18.1. The largest absolute Gasteiger partial charge is 0.435 e. The summed E-state index contributed by atoms with van der Waals surface area (Å²) in [6, 6.07) is 8.40. The highest BCUT2D eigenvalue weighted by Gasteiger charge is 2.67. The molecule has 2 aromatic carbocycles. The van der Waals surface area contributed by atoms with E-state index in [1.165, 1.54) is 24.3 Å². The van der Waals surface area contributed by atoms with E-state index in [1.807, 2.05) is 0 Å². The average Bonchev–Trinajstić information content (AvgIpc) is 2.45. The van der Waals surface area contributed by atoms with Crippen molar-refractivity contribution in [2.24, 2.45) is 0 Å². The van der Waals surface area contributed by atoms with Gasteiger partial charge in [-0.05, 0) is 42.5 Å². The van der Waals surface area contributed by atoms with Gasteiger partial charge in [0.15, 0.2) is 0 Å². The zero-order valence-electron chi connectivity index (χ0n) is 11.6. The van der Waals surface area contributed by atoms with E-state index < -0.39 is 27.8 Å². The molecule has 0 spiro atoms. The van der Waals surface area contributed by atoms with Crippen molar-refractivity contribution in [3.63, 3.8) is 0 Å². The van der Waals surface area contributed by atoms with Crippen LogP contribution in [-0.2, 0) is 0 Å². The quantitative estimate of drug-likeness (QED) is 0.311. The van der Waals surface area contributed by atoms with Crippen LogP contribution in [0.25, 0.3) is 0 Å². The number of aldehydes is 1. The van der Waals surface area contributed by atoms with Crippen molar-refractivity contribution in [2.75, 3.05) is 0 Å². The first-order valence-electron chi connectivity index (χ1n) is 6.17. The number of carbonyl (C=O) groups excluding carboxylic acids is 2. The Kier molecular flexibility index (Phi) is 3.84. The Hall–Kier alpha value is -2.62. The van der Waals surface area contributed by atoms with Crippen molar-refractivity contribution in [3.8, 4) is 11.5 Å². The van der Waals surface area contributed by atoms with Gasteiger partial charge in [-0.1, -0.05) is 25.5 Å². The second-order valence-corrected chi connectivity index (χ2v) is 6.55. The van der Waals surface area contributed by atoms with Crippen molar-refractivity contribution < 1.29 is 37.9 Å². The maximum Gasteiger partial charge on any atom is 0.435 e. The minimum absolute atomic E-state index is 0.0182. The van der Waals surface area contributed by atoms with Crippen molar-refractivity contribution in [1.29, 1.82) is 0 Å². The topological polar surface area (TPSA) is 52.6 Å². The molecule has 2 rings (SSSR count). The van der Waals surface area contributed by atoms with Crippen LogP contribution in [0.1, 0.15) is 20.7 Å². The number of hydrogen-bond acceptors (Lipinski definition) is 4. The third-order valence-electron chi connectivity index (χ3n) is 2.55. The molecular formula is C14H9F5O4S. The maximum atomic E-state index is 12.3. The van der Waals surface area contributed by atoms with Gasteiger partial charge >= 0.3 is 16.5 Å². The monoisotopic (exact) mass is 368 g/mol. The van der Waals surface area contributed by atoms with Gasteiger partial charge in [-0.15, -0.1) is 0 Å². The highest BCUT2D eigenvalue weighted by atomic mass is 32.5. The van der Waals surface area contributed by atoms with Crippen LogP contribution in [0.15, 0.2) is 48.5 Å². The molecule has 0 N–H and O–H groups in total. The van der Waals surface area contributed by atoms with Crippen LogP contribution in [0.5, 0.6) is 11.5 Å². The summed E-state index contributed by atoms with van der Waals surface area (Å²) in [6.07, 6.45) is 0.562. The molecule has 0 bridgehead atoms. The summed E-state index contributed by atoms with van der Waals surface area (Å²) in [4.78, 5) is 22.3.